The van der Waals surface area contributed by atoms with E-state index in [2.05, 4.69) is 4.90 Å². The molecule has 1 amide bonds. The Morgan fingerprint density at radius 1 is 1.23 bits per heavy atom. The number of ether oxygens (including phenoxy) is 2. The van der Waals surface area contributed by atoms with Gasteiger partial charge in [-0.2, -0.15) is 0 Å². The maximum absolute atomic E-state index is 12.2. The Morgan fingerprint density at radius 3 is 2.36 bits per heavy atom. The van der Waals surface area contributed by atoms with Gasteiger partial charge in [0.2, 0.25) is 5.91 Å². The number of rotatable bonds is 5. The highest BCUT2D eigenvalue weighted by Gasteiger charge is 2.22. The third-order valence-corrected chi connectivity index (χ3v) is 4.32. The molecule has 0 spiro atoms. The molecule has 0 radical (unpaired) electrons. The molecule has 0 N–H and O–H groups in total. The van der Waals surface area contributed by atoms with E-state index in [1.807, 2.05) is 33.0 Å². The van der Waals surface area contributed by atoms with Gasteiger partial charge in [0.05, 0.1) is 20.8 Å². The van der Waals surface area contributed by atoms with E-state index in [1.54, 1.807) is 19.1 Å². The molecule has 1 aromatic rings. The Balaban J connectivity index is 2.09. The smallest absolute Gasteiger partial charge is 0.236 e. The fourth-order valence-corrected chi connectivity index (χ4v) is 2.67. The van der Waals surface area contributed by atoms with Gasteiger partial charge >= 0.3 is 0 Å². The molecular formula is C17H26N2O3. The third kappa shape index (κ3) is 3.53. The Bertz CT molecular complexity index is 543. The normalized spacial score (nSPS) is 14.6. The van der Waals surface area contributed by atoms with Crippen LogP contribution >= 0.6 is 0 Å². The van der Waals surface area contributed by atoms with Crippen molar-refractivity contribution in [2.75, 3.05) is 34.4 Å². The van der Waals surface area contributed by atoms with Crippen molar-refractivity contribution >= 4 is 5.91 Å². The summed E-state index contributed by atoms with van der Waals surface area (Å²) in [6.45, 7) is 6.18. The van der Waals surface area contributed by atoms with Crippen molar-refractivity contribution in [2.24, 2.45) is 0 Å². The number of fused-ring (bicyclic) bond motifs is 1. The van der Waals surface area contributed by atoms with Gasteiger partial charge in [0, 0.05) is 26.2 Å². The minimum Gasteiger partial charge on any atom is -0.493 e. The molecular weight excluding hydrogens is 280 g/mol. The molecule has 0 saturated heterocycles. The van der Waals surface area contributed by atoms with Crippen LogP contribution in [0.15, 0.2) is 12.1 Å². The molecule has 22 heavy (non-hydrogen) atoms. The second kappa shape index (κ2) is 7.01. The van der Waals surface area contributed by atoms with Crippen LogP contribution in [0.5, 0.6) is 11.5 Å². The predicted molar refractivity (Wildman–Crippen MR) is 86.4 cm³/mol. The highest BCUT2D eigenvalue weighted by Crippen LogP contribution is 2.33. The summed E-state index contributed by atoms with van der Waals surface area (Å²) in [5, 5.41) is 0. The molecule has 0 saturated carbocycles. The van der Waals surface area contributed by atoms with Crippen LogP contribution in [0.25, 0.3) is 0 Å². The van der Waals surface area contributed by atoms with E-state index in [1.165, 1.54) is 11.1 Å². The summed E-state index contributed by atoms with van der Waals surface area (Å²) in [5.41, 5.74) is 2.49. The van der Waals surface area contributed by atoms with E-state index in [-0.39, 0.29) is 11.9 Å². The van der Waals surface area contributed by atoms with Gasteiger partial charge in [0.1, 0.15) is 0 Å². The lowest BCUT2D eigenvalue weighted by Crippen LogP contribution is -2.43. The zero-order valence-electron chi connectivity index (χ0n) is 14.2. The molecule has 0 fully saturated rings. The van der Waals surface area contributed by atoms with Gasteiger partial charge in [-0.15, -0.1) is 0 Å². The number of benzene rings is 1. The van der Waals surface area contributed by atoms with E-state index >= 15 is 0 Å². The van der Waals surface area contributed by atoms with Gasteiger partial charge in [0.15, 0.2) is 11.5 Å². The average molecular weight is 306 g/mol. The number of amides is 1. The summed E-state index contributed by atoms with van der Waals surface area (Å²) < 4.78 is 10.7. The lowest BCUT2D eigenvalue weighted by Gasteiger charge is -2.31. The van der Waals surface area contributed by atoms with Crippen LogP contribution < -0.4 is 9.47 Å². The zero-order valence-corrected chi connectivity index (χ0v) is 14.2. The molecule has 5 nitrogen and oxygen atoms in total. The van der Waals surface area contributed by atoms with Gasteiger partial charge in [-0.05, 0) is 43.5 Å². The molecule has 1 heterocycles. The second-order valence-electron chi connectivity index (χ2n) is 6.03. The van der Waals surface area contributed by atoms with E-state index < -0.39 is 0 Å². The minimum atomic E-state index is 0.166. The summed E-state index contributed by atoms with van der Waals surface area (Å²) >= 11 is 0. The molecule has 0 aromatic heterocycles. The Morgan fingerprint density at radius 2 is 1.82 bits per heavy atom. The Labute approximate surface area is 132 Å². The number of carbonyl (C=O) groups excluding carboxylic acids is 1. The van der Waals surface area contributed by atoms with Gasteiger partial charge in [-0.1, -0.05) is 0 Å². The van der Waals surface area contributed by atoms with Crippen molar-refractivity contribution in [3.05, 3.63) is 23.3 Å². The van der Waals surface area contributed by atoms with E-state index in [4.69, 9.17) is 9.47 Å². The first-order valence-corrected chi connectivity index (χ1v) is 7.68. The standard InChI is InChI=1S/C17H26N2O3/c1-12(2)18(3)17(20)11-19-7-6-13-8-15(21-4)16(22-5)9-14(13)10-19/h8-9,12H,6-7,10-11H2,1-5H3. The number of hydrogen-bond acceptors (Lipinski definition) is 4. The van der Waals surface area contributed by atoms with E-state index in [0.717, 1.165) is 31.0 Å². The van der Waals surface area contributed by atoms with Crippen molar-refractivity contribution in [3.63, 3.8) is 0 Å². The maximum atomic E-state index is 12.2. The maximum Gasteiger partial charge on any atom is 0.236 e. The van der Waals surface area contributed by atoms with Crippen LogP contribution in [-0.4, -0.2) is 56.1 Å². The van der Waals surface area contributed by atoms with Crippen molar-refractivity contribution in [1.82, 2.24) is 9.80 Å². The highest BCUT2D eigenvalue weighted by molar-refractivity contribution is 5.78. The summed E-state index contributed by atoms with van der Waals surface area (Å²) in [4.78, 5) is 16.2. The van der Waals surface area contributed by atoms with Crippen molar-refractivity contribution in [1.29, 1.82) is 0 Å². The fraction of sp³-hybridized carbons (Fsp3) is 0.588. The molecule has 5 heteroatoms. The topological polar surface area (TPSA) is 42.0 Å². The van der Waals surface area contributed by atoms with Gasteiger partial charge < -0.3 is 14.4 Å². The molecule has 0 aliphatic carbocycles. The van der Waals surface area contributed by atoms with Crippen LogP contribution in [0, 0.1) is 0 Å². The molecule has 1 aliphatic heterocycles. The monoisotopic (exact) mass is 306 g/mol. The van der Waals surface area contributed by atoms with Crippen LogP contribution in [0.2, 0.25) is 0 Å². The van der Waals surface area contributed by atoms with E-state index in [0.29, 0.717) is 6.54 Å². The quantitative estimate of drug-likeness (QED) is 0.833. The molecule has 0 atom stereocenters. The SMILES string of the molecule is COc1cc2c(cc1OC)CN(CC(=O)N(C)C(C)C)CC2. The summed E-state index contributed by atoms with van der Waals surface area (Å²) in [6.07, 6.45) is 0.925. The molecule has 1 aromatic carbocycles. The van der Waals surface area contributed by atoms with Gasteiger partial charge in [-0.3, -0.25) is 9.69 Å². The van der Waals surface area contributed by atoms with Gasteiger partial charge in [-0.25, -0.2) is 0 Å². The number of nitrogens with zero attached hydrogens (tertiary/aromatic N) is 2. The first-order valence-electron chi connectivity index (χ1n) is 7.68. The summed E-state index contributed by atoms with van der Waals surface area (Å²) in [7, 11) is 5.16. The number of likely N-dealkylation sites (N-methyl/N-ethyl adjacent to an activating group) is 1. The largest absolute Gasteiger partial charge is 0.493 e. The van der Waals surface area contributed by atoms with Crippen molar-refractivity contribution < 1.29 is 14.3 Å². The number of carbonyl (C=O) groups is 1. The zero-order chi connectivity index (χ0) is 16.3. The minimum absolute atomic E-state index is 0.166. The first-order chi connectivity index (χ1) is 10.5. The van der Waals surface area contributed by atoms with Crippen molar-refractivity contribution in [2.45, 2.75) is 32.9 Å². The molecule has 0 bridgehead atoms. The van der Waals surface area contributed by atoms with Crippen LogP contribution in [-0.2, 0) is 17.8 Å². The molecule has 0 unspecified atom stereocenters. The lowest BCUT2D eigenvalue weighted by molar-refractivity contribution is -0.132. The fourth-order valence-electron chi connectivity index (χ4n) is 2.67. The molecule has 122 valence electrons. The summed E-state index contributed by atoms with van der Waals surface area (Å²) in [6, 6.07) is 4.30. The van der Waals surface area contributed by atoms with Crippen LogP contribution in [0.4, 0.5) is 0 Å². The van der Waals surface area contributed by atoms with Crippen LogP contribution in [0.1, 0.15) is 25.0 Å². The summed E-state index contributed by atoms with van der Waals surface area (Å²) in [5.74, 6) is 1.68. The molecule has 1 aliphatic rings. The van der Waals surface area contributed by atoms with E-state index in [9.17, 15) is 4.79 Å². The van der Waals surface area contributed by atoms with Gasteiger partial charge in [0.25, 0.3) is 0 Å². The Hall–Kier alpha value is -1.75. The second-order valence-corrected chi connectivity index (χ2v) is 6.03. The number of methoxy groups -OCH3 is 2. The third-order valence-electron chi connectivity index (χ3n) is 4.32. The first kappa shape index (κ1) is 16.6. The molecule has 2 rings (SSSR count). The lowest BCUT2D eigenvalue weighted by atomic mass is 9.99. The van der Waals surface area contributed by atoms with Crippen molar-refractivity contribution in [3.8, 4) is 11.5 Å². The van der Waals surface area contributed by atoms with Crippen LogP contribution in [0.3, 0.4) is 0 Å². The Kier molecular flexibility index (Phi) is 5.29. The number of hydrogen-bond donors (Lipinski definition) is 0. The highest BCUT2D eigenvalue weighted by atomic mass is 16.5. The average Bonchev–Trinajstić information content (AvgIpc) is 2.52. The predicted octanol–water partition coefficient (Wildman–Crippen LogP) is 1.93.